The van der Waals surface area contributed by atoms with E-state index in [2.05, 4.69) is 32.6 Å². The molecule has 4 heteroatoms. The molecule has 146 valence electrons. The lowest BCUT2D eigenvalue weighted by atomic mass is 9.97. The van der Waals surface area contributed by atoms with E-state index in [0.29, 0.717) is 36.4 Å². The normalized spacial score (nSPS) is 12.6. The minimum Gasteiger partial charge on any atom is -0.464 e. The molecule has 27 heavy (non-hydrogen) atoms. The summed E-state index contributed by atoms with van der Waals surface area (Å²) in [6.45, 7) is 11.3. The Bertz CT molecular complexity index is 735. The Labute approximate surface area is 162 Å². The molecule has 0 aliphatic heterocycles. The first kappa shape index (κ1) is 21.1. The van der Waals surface area contributed by atoms with E-state index in [1.54, 1.807) is 19.1 Å². The summed E-state index contributed by atoms with van der Waals surface area (Å²) in [6, 6.07) is 15.1. The summed E-state index contributed by atoms with van der Waals surface area (Å²) < 4.78 is 20.0. The first-order chi connectivity index (χ1) is 12.8. The molecular formula is C23H30FNO2. The fourth-order valence-electron chi connectivity index (χ4n) is 3.28. The number of carbonyl (C=O) groups excluding carboxylic acids is 1. The van der Waals surface area contributed by atoms with Crippen LogP contribution in [-0.4, -0.2) is 36.1 Å². The fraction of sp³-hybridized carbons (Fsp3) is 0.435. The van der Waals surface area contributed by atoms with Crippen LogP contribution in [0.2, 0.25) is 0 Å². The first-order valence-corrected chi connectivity index (χ1v) is 9.58. The number of hydrogen-bond donors (Lipinski definition) is 0. The van der Waals surface area contributed by atoms with Gasteiger partial charge in [-0.05, 0) is 51.8 Å². The van der Waals surface area contributed by atoms with Gasteiger partial charge in [-0.2, -0.15) is 0 Å². The van der Waals surface area contributed by atoms with Crippen LogP contribution in [0.15, 0.2) is 48.5 Å². The van der Waals surface area contributed by atoms with Gasteiger partial charge in [0, 0.05) is 24.2 Å². The minimum atomic E-state index is -0.504. The number of hydrogen-bond acceptors (Lipinski definition) is 3. The van der Waals surface area contributed by atoms with Gasteiger partial charge in [0.2, 0.25) is 0 Å². The van der Waals surface area contributed by atoms with E-state index in [1.165, 1.54) is 6.07 Å². The summed E-state index contributed by atoms with van der Waals surface area (Å²) in [6.07, 6.45) is 0. The van der Waals surface area contributed by atoms with Crippen LogP contribution in [0.4, 0.5) is 4.39 Å². The molecule has 0 saturated heterocycles. The van der Waals surface area contributed by atoms with E-state index in [-0.39, 0.29) is 11.8 Å². The molecule has 0 heterocycles. The van der Waals surface area contributed by atoms with Gasteiger partial charge >= 0.3 is 5.97 Å². The maximum Gasteiger partial charge on any atom is 0.313 e. The molecule has 0 saturated carbocycles. The Hall–Kier alpha value is -2.20. The third-order valence-electron chi connectivity index (χ3n) is 4.85. The highest BCUT2D eigenvalue weighted by Gasteiger charge is 2.20. The van der Waals surface area contributed by atoms with Gasteiger partial charge in [0.15, 0.2) is 0 Å². The minimum absolute atomic E-state index is 0.325. The zero-order valence-electron chi connectivity index (χ0n) is 16.9. The smallest absolute Gasteiger partial charge is 0.313 e. The van der Waals surface area contributed by atoms with Crippen LogP contribution in [-0.2, 0) is 9.53 Å². The summed E-state index contributed by atoms with van der Waals surface area (Å²) >= 11 is 0. The van der Waals surface area contributed by atoms with E-state index >= 15 is 0 Å². The quantitative estimate of drug-likeness (QED) is 0.593. The maximum absolute atomic E-state index is 14.5. The van der Waals surface area contributed by atoms with Crippen molar-refractivity contribution in [2.45, 2.75) is 52.6 Å². The van der Waals surface area contributed by atoms with Crippen LogP contribution in [0, 0.1) is 5.82 Å². The third kappa shape index (κ3) is 5.64. The van der Waals surface area contributed by atoms with Crippen molar-refractivity contribution in [3.63, 3.8) is 0 Å². The number of nitrogens with zero attached hydrogens (tertiary/aromatic N) is 1. The monoisotopic (exact) mass is 371 g/mol. The van der Waals surface area contributed by atoms with Crippen molar-refractivity contribution in [1.29, 1.82) is 0 Å². The Kier molecular flexibility index (Phi) is 7.55. The molecule has 0 radical (unpaired) electrons. The Morgan fingerprint density at radius 3 is 2.19 bits per heavy atom. The highest BCUT2D eigenvalue weighted by Crippen LogP contribution is 2.26. The molecule has 0 bridgehead atoms. The summed E-state index contributed by atoms with van der Waals surface area (Å²) in [5.74, 6) is -1.16. The van der Waals surface area contributed by atoms with Gasteiger partial charge in [-0.1, -0.05) is 42.5 Å². The summed E-state index contributed by atoms with van der Waals surface area (Å²) in [4.78, 5) is 14.6. The average Bonchev–Trinajstić information content (AvgIpc) is 2.64. The Morgan fingerprint density at radius 1 is 1.00 bits per heavy atom. The average molecular weight is 371 g/mol. The Morgan fingerprint density at radius 2 is 1.63 bits per heavy atom. The lowest BCUT2D eigenvalue weighted by molar-refractivity contribution is -0.145. The number of ether oxygens (including phenoxy) is 1. The van der Waals surface area contributed by atoms with Crippen LogP contribution < -0.4 is 0 Å². The molecular weight excluding hydrogens is 341 g/mol. The molecule has 2 rings (SSSR count). The van der Waals surface area contributed by atoms with Crippen molar-refractivity contribution < 1.29 is 13.9 Å². The molecule has 0 fully saturated rings. The van der Waals surface area contributed by atoms with Crippen LogP contribution >= 0.6 is 0 Å². The van der Waals surface area contributed by atoms with Gasteiger partial charge in [-0.3, -0.25) is 9.69 Å². The molecule has 2 aromatic rings. The van der Waals surface area contributed by atoms with Crippen molar-refractivity contribution in [2.24, 2.45) is 0 Å². The van der Waals surface area contributed by atoms with Gasteiger partial charge in [-0.15, -0.1) is 0 Å². The molecule has 0 spiro atoms. The van der Waals surface area contributed by atoms with E-state index in [4.69, 9.17) is 4.74 Å². The van der Waals surface area contributed by atoms with Gasteiger partial charge in [0.25, 0.3) is 0 Å². The zero-order valence-corrected chi connectivity index (χ0v) is 16.9. The predicted octanol–water partition coefficient (Wildman–Crippen LogP) is 5.26. The summed E-state index contributed by atoms with van der Waals surface area (Å²) in [5, 5.41) is 0. The predicted molar refractivity (Wildman–Crippen MR) is 108 cm³/mol. The van der Waals surface area contributed by atoms with Gasteiger partial charge in [-0.25, -0.2) is 4.39 Å². The highest BCUT2D eigenvalue weighted by molar-refractivity contribution is 5.78. The Balaban J connectivity index is 1.99. The molecule has 0 N–H and O–H groups in total. The van der Waals surface area contributed by atoms with Crippen LogP contribution in [0.25, 0.3) is 11.1 Å². The van der Waals surface area contributed by atoms with Gasteiger partial charge in [0.1, 0.15) is 12.4 Å². The third-order valence-corrected chi connectivity index (χ3v) is 4.85. The zero-order chi connectivity index (χ0) is 20.0. The molecule has 0 aliphatic rings. The second-order valence-corrected chi connectivity index (χ2v) is 7.42. The van der Waals surface area contributed by atoms with Gasteiger partial charge in [0.05, 0.1) is 5.92 Å². The highest BCUT2D eigenvalue weighted by atomic mass is 19.1. The maximum atomic E-state index is 14.5. The molecule has 0 aliphatic carbocycles. The molecule has 0 unspecified atom stereocenters. The van der Waals surface area contributed by atoms with Crippen molar-refractivity contribution in [3.8, 4) is 11.1 Å². The second kappa shape index (κ2) is 9.65. The van der Waals surface area contributed by atoms with Crippen LogP contribution in [0.1, 0.15) is 46.1 Å². The summed E-state index contributed by atoms with van der Waals surface area (Å²) in [5.41, 5.74) is 1.98. The fourth-order valence-corrected chi connectivity index (χ4v) is 3.28. The first-order valence-electron chi connectivity index (χ1n) is 9.58. The van der Waals surface area contributed by atoms with Gasteiger partial charge < -0.3 is 4.74 Å². The lowest BCUT2D eigenvalue weighted by Crippen LogP contribution is -2.39. The molecule has 0 aromatic heterocycles. The number of benzene rings is 2. The topological polar surface area (TPSA) is 29.5 Å². The number of esters is 1. The SMILES string of the molecule is CC(C)N(CCOC(=O)[C@H](C)c1ccc(-c2ccccc2)c(F)c1)C(C)C. The molecule has 0 amide bonds. The standard InChI is InChI=1S/C23H30FNO2/c1-16(2)25(17(3)4)13-14-27-23(26)18(5)20-11-12-21(22(24)15-20)19-9-7-6-8-10-19/h6-12,15-18H,13-14H2,1-5H3/t18-/m1/s1. The number of rotatable bonds is 8. The van der Waals surface area contributed by atoms with Crippen LogP contribution in [0.3, 0.4) is 0 Å². The largest absolute Gasteiger partial charge is 0.464 e. The van der Waals surface area contributed by atoms with Crippen molar-refractivity contribution in [2.75, 3.05) is 13.2 Å². The van der Waals surface area contributed by atoms with E-state index < -0.39 is 5.92 Å². The van der Waals surface area contributed by atoms with E-state index in [1.807, 2.05) is 30.3 Å². The lowest BCUT2D eigenvalue weighted by Gasteiger charge is -2.30. The molecule has 1 atom stereocenters. The van der Waals surface area contributed by atoms with Crippen LogP contribution in [0.5, 0.6) is 0 Å². The second-order valence-electron chi connectivity index (χ2n) is 7.42. The summed E-state index contributed by atoms with van der Waals surface area (Å²) in [7, 11) is 0. The number of halogens is 1. The molecule has 3 nitrogen and oxygen atoms in total. The van der Waals surface area contributed by atoms with Crippen molar-refractivity contribution >= 4 is 5.97 Å². The van der Waals surface area contributed by atoms with Crippen molar-refractivity contribution in [3.05, 3.63) is 59.9 Å². The van der Waals surface area contributed by atoms with E-state index in [9.17, 15) is 9.18 Å². The van der Waals surface area contributed by atoms with Crippen molar-refractivity contribution in [1.82, 2.24) is 4.90 Å². The molecule has 2 aromatic carbocycles. The van der Waals surface area contributed by atoms with E-state index in [0.717, 1.165) is 5.56 Å². The number of carbonyl (C=O) groups is 1.